The van der Waals surface area contributed by atoms with Crippen molar-refractivity contribution in [2.24, 2.45) is 11.3 Å². The van der Waals surface area contributed by atoms with Crippen LogP contribution in [0.3, 0.4) is 0 Å². The third-order valence-corrected chi connectivity index (χ3v) is 8.91. The number of amides is 2. The second-order valence-electron chi connectivity index (χ2n) is 14.0. The van der Waals surface area contributed by atoms with Crippen LogP contribution in [-0.4, -0.2) is 64.9 Å². The summed E-state index contributed by atoms with van der Waals surface area (Å²) in [6.07, 6.45) is 2.32. The first-order valence-corrected chi connectivity index (χ1v) is 16.9. The zero-order chi connectivity index (χ0) is 34.2. The molecule has 0 saturated carbocycles. The van der Waals surface area contributed by atoms with Gasteiger partial charge in [0.2, 0.25) is 11.8 Å². The van der Waals surface area contributed by atoms with E-state index in [1.807, 2.05) is 95.7 Å². The lowest BCUT2D eigenvalue weighted by Crippen LogP contribution is -2.36. The molecule has 0 bridgehead atoms. The molecular formula is C37H52N6O4. The summed E-state index contributed by atoms with van der Waals surface area (Å²) in [4.78, 5) is 40.9. The normalized spacial score (nSPS) is 13.0. The minimum atomic E-state index is -0.463. The third-order valence-electron chi connectivity index (χ3n) is 8.91. The summed E-state index contributed by atoms with van der Waals surface area (Å²) in [6.45, 7) is 14.6. The Morgan fingerprint density at radius 1 is 0.936 bits per heavy atom. The number of nitrogens with zero attached hydrogens (tertiary/aromatic N) is 4. The minimum absolute atomic E-state index is 0.0114. The Hall–Kier alpha value is -3.89. The van der Waals surface area contributed by atoms with Gasteiger partial charge in [0.25, 0.3) is 0 Å². The van der Waals surface area contributed by atoms with Crippen molar-refractivity contribution in [3.05, 3.63) is 54.1 Å². The average molecular weight is 645 g/mol. The quantitative estimate of drug-likeness (QED) is 0.190. The van der Waals surface area contributed by atoms with Gasteiger partial charge in [-0.05, 0) is 58.3 Å². The number of benzene rings is 2. The van der Waals surface area contributed by atoms with Crippen LogP contribution in [0.4, 0.5) is 5.69 Å². The summed E-state index contributed by atoms with van der Waals surface area (Å²) in [5.41, 5.74) is 4.40. The molecule has 2 heterocycles. The highest BCUT2D eigenvalue weighted by Crippen LogP contribution is 2.41. The maximum Gasteiger partial charge on any atom is 0.227 e. The van der Waals surface area contributed by atoms with Gasteiger partial charge in [0.05, 0.1) is 23.5 Å². The number of nitrogens with one attached hydrogen (secondary N) is 2. The number of ketones is 1. The number of anilines is 1. The number of carbonyl (C=O) groups excluding carboxylic acids is 3. The van der Waals surface area contributed by atoms with Crippen molar-refractivity contribution in [3.63, 3.8) is 0 Å². The largest absolute Gasteiger partial charge is 0.375 e. The lowest BCUT2D eigenvalue weighted by Gasteiger charge is -2.30. The number of aryl methyl sites for hydroxylation is 1. The Bertz CT molecular complexity index is 1540. The smallest absolute Gasteiger partial charge is 0.227 e. The molecule has 2 N–H and O–H groups in total. The van der Waals surface area contributed by atoms with Crippen LogP contribution in [0.2, 0.25) is 0 Å². The maximum atomic E-state index is 13.8. The summed E-state index contributed by atoms with van der Waals surface area (Å²) in [6, 6.07) is 15.9. The molecule has 1 aliphatic heterocycles. The molecule has 0 unspecified atom stereocenters. The van der Waals surface area contributed by atoms with Crippen LogP contribution in [0.25, 0.3) is 22.5 Å². The number of para-hydroxylation sites is 1. The van der Waals surface area contributed by atoms with Gasteiger partial charge in [0.15, 0.2) is 0 Å². The van der Waals surface area contributed by atoms with Crippen molar-refractivity contribution in [1.82, 2.24) is 25.6 Å². The van der Waals surface area contributed by atoms with Crippen LogP contribution in [0.15, 0.2) is 48.5 Å². The monoisotopic (exact) mass is 644 g/mol. The first-order valence-electron chi connectivity index (χ1n) is 16.9. The number of rotatable bonds is 16. The number of Topliss-reactive ketones (excluding diaryl/α,β-unsaturated/α-hetero) is 1. The van der Waals surface area contributed by atoms with Crippen LogP contribution in [0.5, 0.6) is 0 Å². The van der Waals surface area contributed by atoms with E-state index in [4.69, 9.17) is 4.74 Å². The Morgan fingerprint density at radius 3 is 2.36 bits per heavy atom. The molecule has 0 saturated heterocycles. The van der Waals surface area contributed by atoms with Crippen LogP contribution in [0.1, 0.15) is 79.2 Å². The lowest BCUT2D eigenvalue weighted by molar-refractivity contribution is -0.132. The fourth-order valence-corrected chi connectivity index (χ4v) is 6.11. The molecule has 10 nitrogen and oxygen atoms in total. The molecule has 47 heavy (non-hydrogen) atoms. The molecule has 0 fully saturated rings. The van der Waals surface area contributed by atoms with Gasteiger partial charge in [-0.25, -0.2) is 4.68 Å². The van der Waals surface area contributed by atoms with Gasteiger partial charge in [0, 0.05) is 55.0 Å². The number of carbonyl (C=O) groups is 3. The van der Waals surface area contributed by atoms with Crippen molar-refractivity contribution in [1.29, 1.82) is 0 Å². The van der Waals surface area contributed by atoms with Crippen molar-refractivity contribution in [2.45, 2.75) is 92.3 Å². The summed E-state index contributed by atoms with van der Waals surface area (Å²) in [5.74, 6) is -0.0833. The van der Waals surface area contributed by atoms with Gasteiger partial charge in [-0.2, -0.15) is 0 Å². The van der Waals surface area contributed by atoms with Gasteiger partial charge >= 0.3 is 0 Å². The van der Waals surface area contributed by atoms with E-state index in [-0.39, 0.29) is 36.4 Å². The van der Waals surface area contributed by atoms with E-state index in [1.54, 1.807) is 4.90 Å². The van der Waals surface area contributed by atoms with E-state index in [0.29, 0.717) is 32.5 Å². The van der Waals surface area contributed by atoms with Crippen LogP contribution in [-0.2, 0) is 32.2 Å². The first-order chi connectivity index (χ1) is 22.3. The second-order valence-corrected chi connectivity index (χ2v) is 14.0. The zero-order valence-electron chi connectivity index (χ0n) is 29.2. The second kappa shape index (κ2) is 15.8. The predicted octanol–water partition coefficient (Wildman–Crippen LogP) is 5.79. The molecule has 254 valence electrons. The van der Waals surface area contributed by atoms with Crippen molar-refractivity contribution >= 4 is 23.3 Å². The van der Waals surface area contributed by atoms with Gasteiger partial charge < -0.3 is 20.3 Å². The Balaban J connectivity index is 1.38. The molecule has 0 radical (unpaired) electrons. The molecular weight excluding hydrogens is 592 g/mol. The highest BCUT2D eigenvalue weighted by molar-refractivity contribution is 6.01. The molecule has 2 aromatic carbocycles. The Kier molecular flexibility index (Phi) is 12.1. The number of hydrogen-bond acceptors (Lipinski definition) is 7. The van der Waals surface area contributed by atoms with Crippen LogP contribution < -0.4 is 15.5 Å². The highest BCUT2D eigenvalue weighted by atomic mass is 16.5. The van der Waals surface area contributed by atoms with Gasteiger partial charge in [0.1, 0.15) is 11.5 Å². The molecule has 1 aromatic heterocycles. The summed E-state index contributed by atoms with van der Waals surface area (Å²) < 4.78 is 8.07. The van der Waals surface area contributed by atoms with Gasteiger partial charge in [-0.1, -0.05) is 75.4 Å². The zero-order valence-corrected chi connectivity index (χ0v) is 29.2. The average Bonchev–Trinajstić information content (AvgIpc) is 3.44. The van der Waals surface area contributed by atoms with E-state index in [9.17, 15) is 14.4 Å². The van der Waals surface area contributed by atoms with E-state index in [0.717, 1.165) is 53.3 Å². The number of ether oxygens (including phenoxy) is 1. The molecule has 1 aliphatic rings. The molecule has 4 rings (SSSR count). The summed E-state index contributed by atoms with van der Waals surface area (Å²) >= 11 is 0. The standard InChI is InChI=1S/C37H52N6O4/c1-26(2)35(46)36(3,4)20-24-47-37(5,6)19-22-39-31(44)17-18-32(45)42-25-27-13-8-9-14-28(27)34-33(29-15-10-11-16-30(29)42)40-41-43(34)23-12-21-38-7/h8-11,13-16,26,38H,12,17-25H2,1-7H3,(H,39,44). The van der Waals surface area contributed by atoms with Gasteiger partial charge in [-0.15, -0.1) is 5.10 Å². The first kappa shape index (κ1) is 36.0. The fourth-order valence-electron chi connectivity index (χ4n) is 6.11. The summed E-state index contributed by atoms with van der Waals surface area (Å²) in [7, 11) is 1.94. The van der Waals surface area contributed by atoms with Crippen molar-refractivity contribution < 1.29 is 19.1 Å². The molecule has 3 aromatic rings. The lowest BCUT2D eigenvalue weighted by atomic mass is 9.80. The predicted molar refractivity (Wildman–Crippen MR) is 186 cm³/mol. The van der Waals surface area contributed by atoms with E-state index < -0.39 is 11.0 Å². The third kappa shape index (κ3) is 9.14. The fraction of sp³-hybridized carbons (Fsp3) is 0.541. The molecule has 0 atom stereocenters. The van der Waals surface area contributed by atoms with E-state index in [2.05, 4.69) is 27.0 Å². The van der Waals surface area contributed by atoms with Gasteiger partial charge in [-0.3, -0.25) is 14.4 Å². The minimum Gasteiger partial charge on any atom is -0.375 e. The summed E-state index contributed by atoms with van der Waals surface area (Å²) in [5, 5.41) is 15.3. The van der Waals surface area contributed by atoms with Crippen molar-refractivity contribution in [2.75, 3.05) is 31.6 Å². The SMILES string of the molecule is CNCCCn1nnc2c1-c1ccccc1CN(C(=O)CCC(=O)NCCC(C)(C)OCCC(C)(C)C(=O)C(C)C)c1ccccc1-2. The maximum absolute atomic E-state index is 13.8. The number of aromatic nitrogens is 3. The molecule has 10 heteroatoms. The topological polar surface area (TPSA) is 118 Å². The Labute approximate surface area is 279 Å². The molecule has 2 amide bonds. The number of fused-ring (bicyclic) bond motifs is 5. The van der Waals surface area contributed by atoms with E-state index >= 15 is 0 Å². The van der Waals surface area contributed by atoms with Crippen LogP contribution in [0, 0.1) is 11.3 Å². The van der Waals surface area contributed by atoms with Crippen LogP contribution >= 0.6 is 0 Å². The molecule has 0 spiro atoms. The molecule has 0 aliphatic carbocycles. The highest BCUT2D eigenvalue weighted by Gasteiger charge is 2.31. The Morgan fingerprint density at radius 2 is 1.64 bits per heavy atom. The van der Waals surface area contributed by atoms with E-state index in [1.165, 1.54) is 0 Å². The van der Waals surface area contributed by atoms with Crippen molar-refractivity contribution in [3.8, 4) is 22.5 Å². The number of hydrogen-bond donors (Lipinski definition) is 2.